The summed E-state index contributed by atoms with van der Waals surface area (Å²) in [6.45, 7) is 3.87. The van der Waals surface area contributed by atoms with E-state index >= 15 is 0 Å². The van der Waals surface area contributed by atoms with Crippen LogP contribution in [0.4, 0.5) is 5.69 Å². The summed E-state index contributed by atoms with van der Waals surface area (Å²) in [5.74, 6) is -0.364. The molecule has 128 valence electrons. The van der Waals surface area contributed by atoms with E-state index < -0.39 is 10.0 Å². The molecule has 1 N–H and O–H groups in total. The quantitative estimate of drug-likeness (QED) is 0.874. The molecule has 0 atom stereocenters. The van der Waals surface area contributed by atoms with Crippen molar-refractivity contribution in [3.05, 3.63) is 65.2 Å². The largest absolute Gasteiger partial charge is 0.325 e. The molecule has 24 heavy (non-hydrogen) atoms. The summed E-state index contributed by atoms with van der Waals surface area (Å²) in [6.07, 6.45) is 1.11. The lowest BCUT2D eigenvalue weighted by atomic mass is 10.1. The fraction of sp³-hybridized carbons (Fsp3) is 0.278. The van der Waals surface area contributed by atoms with Crippen LogP contribution in [-0.2, 0) is 21.4 Å². The second-order valence-electron chi connectivity index (χ2n) is 5.93. The van der Waals surface area contributed by atoms with Crippen molar-refractivity contribution in [2.24, 2.45) is 0 Å². The minimum Gasteiger partial charge on any atom is -0.325 e. The number of carbonyl (C=O) groups is 1. The van der Waals surface area contributed by atoms with Crippen molar-refractivity contribution in [3.8, 4) is 0 Å². The minimum absolute atomic E-state index is 0.167. The highest BCUT2D eigenvalue weighted by Gasteiger charge is 2.20. The lowest BCUT2D eigenvalue weighted by Crippen LogP contribution is -2.36. The smallest absolute Gasteiger partial charge is 0.239 e. The molecule has 0 aliphatic carbocycles. The summed E-state index contributed by atoms with van der Waals surface area (Å²) in [4.78, 5) is 12.2. The summed E-state index contributed by atoms with van der Waals surface area (Å²) in [5, 5.41) is 2.72. The lowest BCUT2D eigenvalue weighted by molar-refractivity contribution is -0.116. The van der Waals surface area contributed by atoms with Gasteiger partial charge in [-0.3, -0.25) is 4.79 Å². The predicted octanol–water partition coefficient (Wildman–Crippen LogP) is 2.70. The van der Waals surface area contributed by atoms with Gasteiger partial charge in [0, 0.05) is 12.2 Å². The van der Waals surface area contributed by atoms with Crippen molar-refractivity contribution in [3.63, 3.8) is 0 Å². The first-order valence-electron chi connectivity index (χ1n) is 7.61. The molecule has 2 aromatic carbocycles. The molecule has 0 saturated heterocycles. The van der Waals surface area contributed by atoms with Crippen LogP contribution in [0.25, 0.3) is 0 Å². The number of carbonyl (C=O) groups excluding carboxylic acids is 1. The maximum Gasteiger partial charge on any atom is 0.239 e. The zero-order valence-electron chi connectivity index (χ0n) is 14.1. The molecule has 0 spiro atoms. The molecule has 0 bridgehead atoms. The Balaban J connectivity index is 2.06. The Morgan fingerprint density at radius 2 is 1.46 bits per heavy atom. The third-order valence-corrected chi connectivity index (χ3v) is 4.80. The van der Waals surface area contributed by atoms with Crippen LogP contribution in [0, 0.1) is 13.8 Å². The number of aryl methyl sites for hydroxylation is 2. The van der Waals surface area contributed by atoms with Gasteiger partial charge in [0.25, 0.3) is 0 Å². The van der Waals surface area contributed by atoms with Crippen LogP contribution >= 0.6 is 0 Å². The van der Waals surface area contributed by atoms with Crippen LogP contribution in [0.2, 0.25) is 0 Å². The molecule has 0 unspecified atom stereocenters. The first kappa shape index (κ1) is 18.2. The van der Waals surface area contributed by atoms with Gasteiger partial charge < -0.3 is 5.32 Å². The van der Waals surface area contributed by atoms with E-state index in [1.165, 1.54) is 4.31 Å². The molecule has 0 saturated carbocycles. The standard InChI is InChI=1S/C18H22N2O3S/c1-14-4-8-16(9-5-14)12-20(24(3,22)23)13-18(21)19-17-10-6-15(2)7-11-17/h4-11H,12-13H2,1-3H3,(H,19,21). The van der Waals surface area contributed by atoms with Crippen LogP contribution in [0.15, 0.2) is 48.5 Å². The third-order valence-electron chi connectivity index (χ3n) is 3.60. The molecular weight excluding hydrogens is 324 g/mol. The van der Waals surface area contributed by atoms with E-state index in [1.54, 1.807) is 12.1 Å². The van der Waals surface area contributed by atoms with Crippen LogP contribution in [-0.4, -0.2) is 31.4 Å². The van der Waals surface area contributed by atoms with Gasteiger partial charge >= 0.3 is 0 Å². The Morgan fingerprint density at radius 3 is 1.96 bits per heavy atom. The molecule has 0 aliphatic heterocycles. The first-order chi connectivity index (χ1) is 11.2. The molecule has 5 nitrogen and oxygen atoms in total. The summed E-state index contributed by atoms with van der Waals surface area (Å²) in [6, 6.07) is 14.9. The van der Waals surface area contributed by atoms with Gasteiger partial charge in [0.05, 0.1) is 12.8 Å². The fourth-order valence-electron chi connectivity index (χ4n) is 2.19. The first-order valence-corrected chi connectivity index (χ1v) is 9.46. The Morgan fingerprint density at radius 1 is 0.958 bits per heavy atom. The number of anilines is 1. The number of benzene rings is 2. The number of nitrogens with one attached hydrogen (secondary N) is 1. The average molecular weight is 346 g/mol. The minimum atomic E-state index is -3.49. The van der Waals surface area contributed by atoms with Crippen molar-refractivity contribution >= 4 is 21.6 Å². The monoisotopic (exact) mass is 346 g/mol. The number of nitrogens with zero attached hydrogens (tertiary/aromatic N) is 1. The van der Waals surface area contributed by atoms with Crippen molar-refractivity contribution in [2.45, 2.75) is 20.4 Å². The van der Waals surface area contributed by atoms with Gasteiger partial charge in [-0.05, 0) is 31.5 Å². The number of rotatable bonds is 6. The van der Waals surface area contributed by atoms with Crippen LogP contribution in [0.5, 0.6) is 0 Å². The maximum atomic E-state index is 12.2. The van der Waals surface area contributed by atoms with Gasteiger partial charge in [-0.1, -0.05) is 47.5 Å². The molecule has 2 aromatic rings. The van der Waals surface area contributed by atoms with Crippen molar-refractivity contribution in [1.29, 1.82) is 0 Å². The van der Waals surface area contributed by atoms with Crippen LogP contribution in [0.3, 0.4) is 0 Å². The zero-order chi connectivity index (χ0) is 17.7. The summed E-state index contributed by atoms with van der Waals surface area (Å²) >= 11 is 0. The normalized spacial score (nSPS) is 11.5. The van der Waals surface area contributed by atoms with Crippen molar-refractivity contribution in [1.82, 2.24) is 4.31 Å². The van der Waals surface area contributed by atoms with Gasteiger partial charge in [0.15, 0.2) is 0 Å². The van der Waals surface area contributed by atoms with E-state index in [0.29, 0.717) is 5.69 Å². The van der Waals surface area contributed by atoms with Crippen molar-refractivity contribution < 1.29 is 13.2 Å². The van der Waals surface area contributed by atoms with Gasteiger partial charge in [0.1, 0.15) is 0 Å². The summed E-state index contributed by atoms with van der Waals surface area (Å²) in [7, 11) is -3.49. The molecule has 0 aliphatic rings. The predicted molar refractivity (Wildman–Crippen MR) is 96.2 cm³/mol. The van der Waals surface area contributed by atoms with E-state index in [2.05, 4.69) is 5.32 Å². The molecule has 1 amide bonds. The summed E-state index contributed by atoms with van der Waals surface area (Å²) < 4.78 is 25.1. The van der Waals surface area contributed by atoms with Gasteiger partial charge in [-0.15, -0.1) is 0 Å². The number of sulfonamides is 1. The molecule has 2 rings (SSSR count). The molecule has 0 radical (unpaired) electrons. The highest BCUT2D eigenvalue weighted by atomic mass is 32.2. The molecule has 0 aromatic heterocycles. The van der Waals surface area contributed by atoms with E-state index in [9.17, 15) is 13.2 Å². The van der Waals surface area contributed by atoms with E-state index in [1.807, 2.05) is 50.2 Å². The average Bonchev–Trinajstić information content (AvgIpc) is 2.50. The topological polar surface area (TPSA) is 66.5 Å². The van der Waals surface area contributed by atoms with Crippen molar-refractivity contribution in [2.75, 3.05) is 18.1 Å². The van der Waals surface area contributed by atoms with E-state index in [4.69, 9.17) is 0 Å². The fourth-order valence-corrected chi connectivity index (χ4v) is 2.92. The van der Waals surface area contributed by atoms with E-state index in [0.717, 1.165) is 22.9 Å². The highest BCUT2D eigenvalue weighted by molar-refractivity contribution is 7.88. The molecule has 6 heteroatoms. The lowest BCUT2D eigenvalue weighted by Gasteiger charge is -2.19. The molecule has 0 heterocycles. The maximum absolute atomic E-state index is 12.2. The number of hydrogen-bond acceptors (Lipinski definition) is 3. The Kier molecular flexibility index (Phi) is 5.75. The molecule has 0 fully saturated rings. The Labute approximate surface area is 143 Å². The molecular formula is C18H22N2O3S. The Bertz CT molecular complexity index is 797. The second-order valence-corrected chi connectivity index (χ2v) is 7.91. The van der Waals surface area contributed by atoms with Gasteiger partial charge in [-0.25, -0.2) is 8.42 Å². The van der Waals surface area contributed by atoms with Crippen LogP contribution in [0.1, 0.15) is 16.7 Å². The SMILES string of the molecule is Cc1ccc(CN(CC(=O)Nc2ccc(C)cc2)S(C)(=O)=O)cc1. The zero-order valence-corrected chi connectivity index (χ0v) is 14.9. The highest BCUT2D eigenvalue weighted by Crippen LogP contribution is 2.12. The second kappa shape index (κ2) is 7.59. The van der Waals surface area contributed by atoms with Crippen LogP contribution < -0.4 is 5.32 Å². The van der Waals surface area contributed by atoms with Gasteiger partial charge in [-0.2, -0.15) is 4.31 Å². The van der Waals surface area contributed by atoms with E-state index in [-0.39, 0.29) is 19.0 Å². The third kappa shape index (κ3) is 5.47. The number of hydrogen-bond donors (Lipinski definition) is 1. The van der Waals surface area contributed by atoms with Gasteiger partial charge in [0.2, 0.25) is 15.9 Å². The Hall–Kier alpha value is -2.18. The number of amides is 1. The summed E-state index contributed by atoms with van der Waals surface area (Å²) in [5.41, 5.74) is 3.68.